The monoisotopic (exact) mass is 507 g/mol. The number of nitrogens with zero attached hydrogens (tertiary/aromatic N) is 3. The molecule has 0 saturated carbocycles. The van der Waals surface area contributed by atoms with Crippen LogP contribution in [0.15, 0.2) is 71.4 Å². The molecule has 1 saturated heterocycles. The van der Waals surface area contributed by atoms with Gasteiger partial charge in [0.1, 0.15) is 12.2 Å². The van der Waals surface area contributed by atoms with Gasteiger partial charge in [-0.1, -0.05) is 42.5 Å². The summed E-state index contributed by atoms with van der Waals surface area (Å²) in [4.78, 5) is 7.36. The van der Waals surface area contributed by atoms with E-state index < -0.39 is 0 Å². The number of furan rings is 1. The highest BCUT2D eigenvalue weighted by Crippen LogP contribution is 2.32. The van der Waals surface area contributed by atoms with Gasteiger partial charge in [-0.3, -0.25) is 4.90 Å². The number of nitriles is 1. The molecule has 0 radical (unpaired) electrons. The summed E-state index contributed by atoms with van der Waals surface area (Å²) in [6.07, 6.45) is 16.9. The molecule has 38 heavy (non-hydrogen) atoms. The van der Waals surface area contributed by atoms with Crippen LogP contribution in [0.5, 0.6) is 5.88 Å². The van der Waals surface area contributed by atoms with Gasteiger partial charge >= 0.3 is 0 Å². The molecule has 3 aliphatic rings. The summed E-state index contributed by atoms with van der Waals surface area (Å²) in [5, 5.41) is 10.3. The summed E-state index contributed by atoms with van der Waals surface area (Å²) in [5.74, 6) is 1.70. The molecule has 1 aliphatic carbocycles. The Bertz CT molecular complexity index is 1440. The van der Waals surface area contributed by atoms with Gasteiger partial charge in [-0.25, -0.2) is 4.98 Å². The lowest BCUT2D eigenvalue weighted by Crippen LogP contribution is -2.37. The normalized spacial score (nSPS) is 23.2. The van der Waals surface area contributed by atoms with E-state index in [9.17, 15) is 5.26 Å². The summed E-state index contributed by atoms with van der Waals surface area (Å²) >= 11 is 0. The highest BCUT2D eigenvalue weighted by molar-refractivity contribution is 5.89. The molecule has 6 rings (SSSR count). The maximum atomic E-state index is 9.43. The Morgan fingerprint density at radius 2 is 2.03 bits per heavy atom. The van der Waals surface area contributed by atoms with E-state index in [2.05, 4.69) is 47.4 Å². The lowest BCUT2D eigenvalue weighted by atomic mass is 9.82. The summed E-state index contributed by atoms with van der Waals surface area (Å²) in [7, 11) is 0. The number of ether oxygens (including phenoxy) is 2. The van der Waals surface area contributed by atoms with Crippen molar-refractivity contribution in [2.24, 2.45) is 11.8 Å². The second kappa shape index (κ2) is 11.0. The minimum atomic E-state index is 0.328. The van der Waals surface area contributed by atoms with Gasteiger partial charge in [-0.2, -0.15) is 5.26 Å². The number of fused-ring (bicyclic) bond motifs is 1. The molecular weight excluding hydrogens is 474 g/mol. The third kappa shape index (κ3) is 5.18. The van der Waals surface area contributed by atoms with E-state index >= 15 is 0 Å². The quantitative estimate of drug-likeness (QED) is 0.361. The van der Waals surface area contributed by atoms with Crippen LogP contribution in [0, 0.1) is 30.1 Å². The van der Waals surface area contributed by atoms with E-state index in [0.717, 1.165) is 61.3 Å². The van der Waals surface area contributed by atoms with Crippen LogP contribution in [0.1, 0.15) is 41.6 Å². The standard InChI is InChI=1S/C32H33N3O3/c1-22-20-38-32-27(10-9-25(18-33)31(22)32)21-37-30-8-4-7-29(34-30)23-11-14-35(15-12-23)19-26-6-3-2-5-24(26)17-28-13-16-36-28/h2-11,20,24,26,28H,12-17,19,21H2,1H3/t24-,26?,28?/m1/s1. The van der Waals surface area contributed by atoms with Crippen molar-refractivity contribution in [3.05, 3.63) is 89.4 Å². The summed E-state index contributed by atoms with van der Waals surface area (Å²) in [5.41, 5.74) is 5.43. The van der Waals surface area contributed by atoms with E-state index in [1.807, 2.05) is 31.2 Å². The number of hydrogen-bond acceptors (Lipinski definition) is 6. The Balaban J connectivity index is 1.08. The second-order valence-electron chi connectivity index (χ2n) is 10.5. The van der Waals surface area contributed by atoms with Crippen molar-refractivity contribution in [3.8, 4) is 11.9 Å². The van der Waals surface area contributed by atoms with Crippen LogP contribution >= 0.6 is 0 Å². The minimum absolute atomic E-state index is 0.328. The van der Waals surface area contributed by atoms with E-state index in [-0.39, 0.29) is 0 Å². The third-order valence-electron chi connectivity index (χ3n) is 8.00. The summed E-state index contributed by atoms with van der Waals surface area (Å²) in [6, 6.07) is 11.9. The topological polar surface area (TPSA) is 71.5 Å². The summed E-state index contributed by atoms with van der Waals surface area (Å²) < 4.78 is 17.5. The van der Waals surface area contributed by atoms with Crippen LogP contribution in [-0.4, -0.2) is 42.2 Å². The van der Waals surface area contributed by atoms with Crippen molar-refractivity contribution < 1.29 is 13.9 Å². The van der Waals surface area contributed by atoms with Gasteiger partial charge in [0.15, 0.2) is 0 Å². The molecule has 1 aromatic carbocycles. The largest absolute Gasteiger partial charge is 0.473 e. The Labute approximate surface area is 223 Å². The zero-order valence-corrected chi connectivity index (χ0v) is 21.8. The maximum absolute atomic E-state index is 9.43. The molecule has 2 unspecified atom stereocenters. The van der Waals surface area contributed by atoms with Crippen LogP contribution in [0.25, 0.3) is 16.5 Å². The first-order chi connectivity index (χ1) is 18.7. The molecule has 0 N–H and O–H groups in total. The van der Waals surface area contributed by atoms with Gasteiger partial charge in [-0.05, 0) is 61.3 Å². The fourth-order valence-corrected chi connectivity index (χ4v) is 5.72. The van der Waals surface area contributed by atoms with Crippen LogP contribution < -0.4 is 4.74 Å². The van der Waals surface area contributed by atoms with Gasteiger partial charge in [0.2, 0.25) is 5.88 Å². The Morgan fingerprint density at radius 1 is 1.16 bits per heavy atom. The lowest BCUT2D eigenvalue weighted by molar-refractivity contribution is -0.0627. The average Bonchev–Trinajstić information content (AvgIpc) is 3.33. The lowest BCUT2D eigenvalue weighted by Gasteiger charge is -2.36. The smallest absolute Gasteiger partial charge is 0.214 e. The van der Waals surface area contributed by atoms with Crippen molar-refractivity contribution >= 4 is 16.5 Å². The van der Waals surface area contributed by atoms with Crippen molar-refractivity contribution in [2.75, 3.05) is 26.2 Å². The predicted octanol–water partition coefficient (Wildman–Crippen LogP) is 6.21. The van der Waals surface area contributed by atoms with Gasteiger partial charge in [0, 0.05) is 43.3 Å². The molecule has 194 valence electrons. The Morgan fingerprint density at radius 3 is 2.79 bits per heavy atom. The van der Waals surface area contributed by atoms with Crippen molar-refractivity contribution in [1.82, 2.24) is 9.88 Å². The van der Waals surface area contributed by atoms with Gasteiger partial charge in [0.25, 0.3) is 0 Å². The highest BCUT2D eigenvalue weighted by atomic mass is 16.5. The number of aromatic nitrogens is 1. The molecular formula is C32H33N3O3. The third-order valence-corrected chi connectivity index (χ3v) is 8.00. The maximum Gasteiger partial charge on any atom is 0.214 e. The van der Waals surface area contributed by atoms with Crippen LogP contribution in [-0.2, 0) is 11.3 Å². The SMILES string of the molecule is Cc1coc2c(COc3cccc(C4=CCN(CC5C=CC=C[C@@H]5CC5CCO5)CC4)n3)ccc(C#N)c12. The van der Waals surface area contributed by atoms with Crippen LogP contribution in [0.3, 0.4) is 0 Å². The zero-order valence-electron chi connectivity index (χ0n) is 21.8. The van der Waals surface area contributed by atoms with Gasteiger partial charge < -0.3 is 13.9 Å². The van der Waals surface area contributed by atoms with Crippen LogP contribution in [0.2, 0.25) is 0 Å². The van der Waals surface area contributed by atoms with E-state index in [1.54, 1.807) is 6.26 Å². The highest BCUT2D eigenvalue weighted by Gasteiger charge is 2.28. The Kier molecular flexibility index (Phi) is 7.13. The second-order valence-corrected chi connectivity index (χ2v) is 10.5. The van der Waals surface area contributed by atoms with E-state index in [1.165, 1.54) is 12.0 Å². The van der Waals surface area contributed by atoms with Crippen LogP contribution in [0.4, 0.5) is 0 Å². The van der Waals surface area contributed by atoms with Crippen molar-refractivity contribution in [2.45, 2.75) is 38.9 Å². The molecule has 4 heterocycles. The molecule has 3 atom stereocenters. The average molecular weight is 508 g/mol. The molecule has 2 aliphatic heterocycles. The zero-order chi connectivity index (χ0) is 25.9. The molecule has 0 bridgehead atoms. The van der Waals surface area contributed by atoms with Gasteiger partial charge in [0.05, 0.1) is 29.7 Å². The fraction of sp³-hybridized carbons (Fsp3) is 0.375. The minimum Gasteiger partial charge on any atom is -0.473 e. The molecule has 1 fully saturated rings. The molecule has 0 spiro atoms. The molecule has 6 nitrogen and oxygen atoms in total. The number of allylic oxidation sites excluding steroid dienone is 3. The first-order valence-corrected chi connectivity index (χ1v) is 13.6. The number of pyridine rings is 1. The number of rotatable bonds is 8. The number of aryl methyl sites for hydroxylation is 1. The van der Waals surface area contributed by atoms with E-state index in [0.29, 0.717) is 41.6 Å². The molecule has 3 aromatic rings. The first kappa shape index (κ1) is 24.7. The number of hydrogen-bond donors (Lipinski definition) is 0. The fourth-order valence-electron chi connectivity index (χ4n) is 5.72. The molecule has 6 heteroatoms. The molecule has 2 aromatic heterocycles. The summed E-state index contributed by atoms with van der Waals surface area (Å²) in [6.45, 7) is 6.24. The number of benzene rings is 1. The van der Waals surface area contributed by atoms with Gasteiger partial charge in [-0.15, -0.1) is 0 Å². The predicted molar refractivity (Wildman–Crippen MR) is 148 cm³/mol. The first-order valence-electron chi connectivity index (χ1n) is 13.6. The Hall–Kier alpha value is -3.66. The van der Waals surface area contributed by atoms with Crippen molar-refractivity contribution in [3.63, 3.8) is 0 Å². The van der Waals surface area contributed by atoms with E-state index in [4.69, 9.17) is 18.9 Å². The molecule has 0 amide bonds. The van der Waals surface area contributed by atoms with Crippen molar-refractivity contribution in [1.29, 1.82) is 5.26 Å².